The zero-order chi connectivity index (χ0) is 18.2. The van der Waals surface area contributed by atoms with Gasteiger partial charge in [0.25, 0.3) is 0 Å². The van der Waals surface area contributed by atoms with Crippen LogP contribution in [0.1, 0.15) is 39.7 Å². The van der Waals surface area contributed by atoms with Gasteiger partial charge in [-0.05, 0) is 46.2 Å². The molecule has 0 saturated heterocycles. The van der Waals surface area contributed by atoms with Crippen molar-refractivity contribution in [1.82, 2.24) is 4.90 Å². The summed E-state index contributed by atoms with van der Waals surface area (Å²) >= 11 is 0. The summed E-state index contributed by atoms with van der Waals surface area (Å²) < 4.78 is 5.41. The number of nitrogens with one attached hydrogen (secondary N) is 1. The number of rotatable bonds is 6. The van der Waals surface area contributed by atoms with Gasteiger partial charge in [-0.2, -0.15) is 0 Å². The van der Waals surface area contributed by atoms with Gasteiger partial charge < -0.3 is 20.7 Å². The number of nitrogens with two attached hydrogens (primary N) is 1. The molecule has 0 aliphatic carbocycles. The molecule has 25 heavy (non-hydrogen) atoms. The number of nitrogens with zero attached hydrogens (tertiary/aromatic N) is 2. The van der Waals surface area contributed by atoms with Gasteiger partial charge in [-0.25, -0.2) is 4.79 Å². The molecule has 0 radical (unpaired) electrons. The number of hydrogen-bond acceptors (Lipinski definition) is 3. The maximum absolute atomic E-state index is 12.2. The quantitative estimate of drug-likeness (QED) is 0.381. The van der Waals surface area contributed by atoms with Crippen LogP contribution in [0.2, 0.25) is 0 Å². The van der Waals surface area contributed by atoms with Crippen LogP contribution in [0.25, 0.3) is 0 Å². The van der Waals surface area contributed by atoms with Crippen LogP contribution < -0.4 is 11.1 Å². The summed E-state index contributed by atoms with van der Waals surface area (Å²) in [5.41, 5.74) is 7.46. The normalized spacial score (nSPS) is 11.5. The lowest BCUT2D eigenvalue weighted by Crippen LogP contribution is -2.39. The first-order valence-corrected chi connectivity index (χ1v) is 8.33. The molecule has 1 amide bonds. The lowest BCUT2D eigenvalue weighted by molar-refractivity contribution is 0.0256. The van der Waals surface area contributed by atoms with Crippen molar-refractivity contribution in [3.05, 3.63) is 29.8 Å². The Labute approximate surface area is 168 Å². The first kappa shape index (κ1) is 23.5. The number of guanidine groups is 1. The Balaban J connectivity index is 0.00000576. The SMILES string of the molecule is CCCN(CCN=C(N)Nc1ccc(C)cc1)C(=O)OC(C)(C)C.I. The van der Waals surface area contributed by atoms with Gasteiger partial charge in [-0.1, -0.05) is 24.6 Å². The van der Waals surface area contributed by atoms with Crippen LogP contribution in [0.4, 0.5) is 10.5 Å². The van der Waals surface area contributed by atoms with Crippen LogP contribution in [0.5, 0.6) is 0 Å². The van der Waals surface area contributed by atoms with E-state index >= 15 is 0 Å². The molecule has 0 spiro atoms. The van der Waals surface area contributed by atoms with Crippen molar-refractivity contribution in [3.8, 4) is 0 Å². The Morgan fingerprint density at radius 3 is 2.36 bits per heavy atom. The monoisotopic (exact) mass is 462 g/mol. The largest absolute Gasteiger partial charge is 0.444 e. The van der Waals surface area contributed by atoms with Gasteiger partial charge in [0, 0.05) is 18.8 Å². The van der Waals surface area contributed by atoms with E-state index in [0.29, 0.717) is 25.6 Å². The molecule has 0 unspecified atom stereocenters. The first-order chi connectivity index (χ1) is 11.2. The second-order valence-electron chi connectivity index (χ2n) is 6.73. The molecule has 1 rings (SSSR count). The van der Waals surface area contributed by atoms with Crippen molar-refractivity contribution in [2.24, 2.45) is 10.7 Å². The van der Waals surface area contributed by atoms with Crippen LogP contribution >= 0.6 is 24.0 Å². The van der Waals surface area contributed by atoms with Crippen LogP contribution in [-0.4, -0.2) is 42.2 Å². The molecule has 7 heteroatoms. The maximum atomic E-state index is 12.2. The number of carbonyl (C=O) groups is 1. The fourth-order valence-electron chi connectivity index (χ4n) is 2.01. The summed E-state index contributed by atoms with van der Waals surface area (Å²) in [7, 11) is 0. The molecular weight excluding hydrogens is 431 g/mol. The van der Waals surface area contributed by atoms with Crippen LogP contribution in [0.15, 0.2) is 29.3 Å². The highest BCUT2D eigenvalue weighted by Crippen LogP contribution is 2.10. The minimum Gasteiger partial charge on any atom is -0.444 e. The van der Waals surface area contributed by atoms with Gasteiger partial charge in [-0.15, -0.1) is 24.0 Å². The Hall–Kier alpha value is -1.51. The highest BCUT2D eigenvalue weighted by atomic mass is 127. The molecule has 142 valence electrons. The third-order valence-electron chi connectivity index (χ3n) is 3.12. The summed E-state index contributed by atoms with van der Waals surface area (Å²) in [6.45, 7) is 11.1. The van der Waals surface area contributed by atoms with Crippen molar-refractivity contribution in [3.63, 3.8) is 0 Å². The summed E-state index contributed by atoms with van der Waals surface area (Å²) in [5, 5.41) is 3.04. The summed E-state index contributed by atoms with van der Waals surface area (Å²) in [4.78, 5) is 18.1. The van der Waals surface area contributed by atoms with E-state index in [1.54, 1.807) is 4.90 Å². The molecule has 0 atom stereocenters. The highest BCUT2D eigenvalue weighted by molar-refractivity contribution is 14.0. The minimum atomic E-state index is -0.502. The summed E-state index contributed by atoms with van der Waals surface area (Å²) in [5.74, 6) is 0.333. The Bertz CT molecular complexity index is 553. The van der Waals surface area contributed by atoms with Crippen molar-refractivity contribution >= 4 is 41.7 Å². The van der Waals surface area contributed by atoms with Gasteiger partial charge in [0.15, 0.2) is 5.96 Å². The predicted molar refractivity (Wildman–Crippen MR) is 115 cm³/mol. The molecule has 0 aliphatic heterocycles. The van der Waals surface area contributed by atoms with Gasteiger partial charge >= 0.3 is 6.09 Å². The van der Waals surface area contributed by atoms with Gasteiger partial charge in [0.1, 0.15) is 5.60 Å². The van der Waals surface area contributed by atoms with E-state index < -0.39 is 5.60 Å². The fourth-order valence-corrected chi connectivity index (χ4v) is 2.01. The maximum Gasteiger partial charge on any atom is 0.410 e. The average molecular weight is 462 g/mol. The van der Waals surface area contributed by atoms with E-state index in [1.165, 1.54) is 5.56 Å². The van der Waals surface area contributed by atoms with E-state index in [-0.39, 0.29) is 30.1 Å². The number of benzene rings is 1. The third kappa shape index (κ3) is 10.2. The highest BCUT2D eigenvalue weighted by Gasteiger charge is 2.21. The number of halogens is 1. The lowest BCUT2D eigenvalue weighted by Gasteiger charge is -2.26. The molecule has 3 N–H and O–H groups in total. The predicted octanol–water partition coefficient (Wildman–Crippen LogP) is 3.99. The first-order valence-electron chi connectivity index (χ1n) is 8.33. The number of aliphatic imine (C=N–C) groups is 1. The minimum absolute atomic E-state index is 0. The Kier molecular flexibility index (Phi) is 10.5. The number of amides is 1. The van der Waals surface area contributed by atoms with E-state index in [9.17, 15) is 4.79 Å². The van der Waals surface area contributed by atoms with Crippen LogP contribution in [0.3, 0.4) is 0 Å². The average Bonchev–Trinajstić information content (AvgIpc) is 2.47. The zero-order valence-corrected chi connectivity index (χ0v) is 18.2. The number of ether oxygens (including phenoxy) is 1. The number of anilines is 1. The van der Waals surface area contributed by atoms with E-state index in [0.717, 1.165) is 12.1 Å². The molecular formula is C18H31IN4O2. The van der Waals surface area contributed by atoms with E-state index in [4.69, 9.17) is 10.5 Å². The number of hydrogen-bond donors (Lipinski definition) is 2. The summed E-state index contributed by atoms with van der Waals surface area (Å²) in [6, 6.07) is 7.89. The molecule has 0 aliphatic rings. The van der Waals surface area contributed by atoms with Gasteiger partial charge in [0.2, 0.25) is 0 Å². The third-order valence-corrected chi connectivity index (χ3v) is 3.12. The zero-order valence-electron chi connectivity index (χ0n) is 15.8. The molecule has 0 heterocycles. The van der Waals surface area contributed by atoms with Crippen LogP contribution in [0, 0.1) is 6.92 Å². The standard InChI is InChI=1S/C18H30N4O2.HI/c1-6-12-22(17(23)24-18(3,4)5)13-11-20-16(19)21-15-9-7-14(2)8-10-15;/h7-10H,6,11-13H2,1-5H3,(H3,19,20,21);1H. The van der Waals surface area contributed by atoms with Crippen molar-refractivity contribution in [2.75, 3.05) is 25.0 Å². The van der Waals surface area contributed by atoms with Gasteiger partial charge in [-0.3, -0.25) is 4.99 Å². The summed E-state index contributed by atoms with van der Waals surface area (Å²) in [6.07, 6.45) is 0.546. The number of carbonyl (C=O) groups excluding carboxylic acids is 1. The lowest BCUT2D eigenvalue weighted by atomic mass is 10.2. The second-order valence-corrected chi connectivity index (χ2v) is 6.73. The molecule has 1 aromatic rings. The van der Waals surface area contributed by atoms with E-state index in [1.807, 2.05) is 58.9 Å². The topological polar surface area (TPSA) is 80.0 Å². The molecule has 0 aromatic heterocycles. The molecule has 6 nitrogen and oxygen atoms in total. The molecule has 0 saturated carbocycles. The Morgan fingerprint density at radius 1 is 1.24 bits per heavy atom. The second kappa shape index (κ2) is 11.2. The van der Waals surface area contributed by atoms with Crippen molar-refractivity contribution in [2.45, 2.75) is 46.6 Å². The number of aryl methyl sites for hydroxylation is 1. The molecule has 0 bridgehead atoms. The van der Waals surface area contributed by atoms with Crippen molar-refractivity contribution < 1.29 is 9.53 Å². The van der Waals surface area contributed by atoms with Crippen LogP contribution in [-0.2, 0) is 4.74 Å². The fraction of sp³-hybridized carbons (Fsp3) is 0.556. The molecule has 0 fully saturated rings. The smallest absolute Gasteiger partial charge is 0.410 e. The molecule has 1 aromatic carbocycles. The Morgan fingerprint density at radius 2 is 1.84 bits per heavy atom. The van der Waals surface area contributed by atoms with Gasteiger partial charge in [0.05, 0.1) is 6.54 Å². The van der Waals surface area contributed by atoms with E-state index in [2.05, 4.69) is 10.3 Å². The van der Waals surface area contributed by atoms with Crippen molar-refractivity contribution in [1.29, 1.82) is 0 Å².